The first-order valence-corrected chi connectivity index (χ1v) is 8.04. The van der Waals surface area contributed by atoms with E-state index in [0.717, 1.165) is 35.7 Å². The molecule has 0 radical (unpaired) electrons. The molecule has 8 heteroatoms. The van der Waals surface area contributed by atoms with Crippen molar-refractivity contribution in [3.8, 4) is 0 Å². The number of pyridine rings is 1. The van der Waals surface area contributed by atoms with Gasteiger partial charge in [0.2, 0.25) is 5.71 Å². The van der Waals surface area contributed by atoms with Gasteiger partial charge in [0.05, 0.1) is 18.2 Å². The van der Waals surface area contributed by atoms with E-state index in [0.29, 0.717) is 17.3 Å². The number of fused-ring (bicyclic) bond motifs is 1. The average molecular weight is 374 g/mol. The first kappa shape index (κ1) is 19.1. The van der Waals surface area contributed by atoms with Crippen LogP contribution in [-0.4, -0.2) is 40.8 Å². The molecule has 134 valence electrons. The fourth-order valence-corrected chi connectivity index (χ4v) is 2.37. The van der Waals surface area contributed by atoms with Gasteiger partial charge >= 0.3 is 5.97 Å². The Morgan fingerprint density at radius 2 is 1.92 bits per heavy atom. The fourth-order valence-electron chi connectivity index (χ4n) is 2.22. The lowest BCUT2D eigenvalue weighted by Crippen LogP contribution is -2.74. The maximum atomic E-state index is 9.53. The largest absolute Gasteiger partial charge is 0.545 e. The molecule has 0 saturated heterocycles. The molecule has 0 fully saturated rings. The molecule has 2 aromatic rings. The van der Waals surface area contributed by atoms with Crippen molar-refractivity contribution >= 4 is 34.9 Å². The predicted octanol–water partition coefficient (Wildman–Crippen LogP) is -0.544. The molecular formula is C18H16ClN3O4. The molecule has 7 nitrogen and oxygen atoms in total. The van der Waals surface area contributed by atoms with Crippen LogP contribution in [0.15, 0.2) is 54.6 Å². The van der Waals surface area contributed by atoms with Crippen molar-refractivity contribution in [3.05, 3.63) is 71.0 Å². The minimum Gasteiger partial charge on any atom is -0.545 e. The summed E-state index contributed by atoms with van der Waals surface area (Å²) in [6.07, 6.45) is 0.942. The normalized spacial score (nSPS) is 12.7. The van der Waals surface area contributed by atoms with Gasteiger partial charge in [-0.15, -0.1) is 0 Å². The molecule has 3 rings (SSSR count). The fraction of sp³-hybridized carbons (Fsp3) is 0.111. The second kappa shape index (κ2) is 9.33. The van der Waals surface area contributed by atoms with Crippen LogP contribution in [0.25, 0.3) is 0 Å². The summed E-state index contributed by atoms with van der Waals surface area (Å²) in [6.45, 7) is 1.73. The Bertz CT molecular complexity index is 835. The SMILES string of the molecule is Clc1ccc2c(n1)C(c1ccccc1)=[NH+]CCN2.O=C([O-])/C=C/C(=O)O. The summed E-state index contributed by atoms with van der Waals surface area (Å²) in [4.78, 5) is 26.8. The van der Waals surface area contributed by atoms with Crippen LogP contribution in [-0.2, 0) is 9.59 Å². The van der Waals surface area contributed by atoms with Gasteiger partial charge in [0, 0.05) is 11.6 Å². The minimum atomic E-state index is -1.51. The number of hydrogen-bond donors (Lipinski definition) is 3. The Labute approximate surface area is 154 Å². The Kier molecular flexibility index (Phi) is 6.87. The number of anilines is 1. The second-order valence-electron chi connectivity index (χ2n) is 5.12. The number of carbonyl (C=O) groups is 2. The third-order valence-corrected chi connectivity index (χ3v) is 3.48. The zero-order chi connectivity index (χ0) is 18.9. The number of aromatic nitrogens is 1. The molecule has 0 saturated carbocycles. The number of nitrogens with one attached hydrogen (secondary N) is 2. The average Bonchev–Trinajstić information content (AvgIpc) is 2.83. The first-order valence-electron chi connectivity index (χ1n) is 7.66. The number of halogens is 1. The molecule has 0 spiro atoms. The number of carboxylic acids is 2. The maximum absolute atomic E-state index is 9.53. The minimum absolute atomic E-state index is 0.447. The van der Waals surface area contributed by atoms with Gasteiger partial charge in [0.15, 0.2) is 12.2 Å². The third kappa shape index (κ3) is 5.71. The zero-order valence-corrected chi connectivity index (χ0v) is 14.4. The summed E-state index contributed by atoms with van der Waals surface area (Å²) in [5.41, 5.74) is 4.05. The van der Waals surface area contributed by atoms with Gasteiger partial charge in [0.25, 0.3) is 0 Å². The van der Waals surface area contributed by atoms with Crippen LogP contribution in [0.1, 0.15) is 11.3 Å². The molecule has 0 amide bonds. The highest BCUT2D eigenvalue weighted by atomic mass is 35.5. The Hall–Kier alpha value is -3.19. The second-order valence-corrected chi connectivity index (χ2v) is 5.50. The van der Waals surface area contributed by atoms with Crippen LogP contribution in [0.3, 0.4) is 0 Å². The lowest BCUT2D eigenvalue weighted by atomic mass is 10.1. The lowest BCUT2D eigenvalue weighted by Gasteiger charge is -2.06. The standard InChI is InChI=1S/C14H12ClN3.C4H4O4/c15-12-7-6-11-14(18-12)13(17-9-8-16-11)10-4-2-1-3-5-10;5-3(6)1-2-4(7)8/h1-7,16H,8-9H2;1-2H,(H,5,6)(H,7,8)/b;2-1+. The van der Waals surface area contributed by atoms with Gasteiger partial charge < -0.3 is 20.3 Å². The number of rotatable bonds is 3. The summed E-state index contributed by atoms with van der Waals surface area (Å²) in [7, 11) is 0. The van der Waals surface area contributed by atoms with Crippen molar-refractivity contribution in [1.29, 1.82) is 0 Å². The molecular weight excluding hydrogens is 358 g/mol. The van der Waals surface area contributed by atoms with E-state index in [4.69, 9.17) is 16.7 Å². The van der Waals surface area contributed by atoms with Gasteiger partial charge in [0.1, 0.15) is 5.15 Å². The number of benzene rings is 1. The van der Waals surface area contributed by atoms with Crippen LogP contribution >= 0.6 is 11.6 Å². The third-order valence-electron chi connectivity index (χ3n) is 3.26. The molecule has 0 aliphatic carbocycles. The molecule has 0 unspecified atom stereocenters. The van der Waals surface area contributed by atoms with Gasteiger partial charge in [-0.2, -0.15) is 0 Å². The number of carboxylic acid groups (broad SMARTS) is 2. The topological polar surface area (TPSA) is 116 Å². The quantitative estimate of drug-likeness (QED) is 0.491. The summed E-state index contributed by atoms with van der Waals surface area (Å²) >= 11 is 6.00. The van der Waals surface area contributed by atoms with Crippen LogP contribution in [0.2, 0.25) is 5.15 Å². The Balaban J connectivity index is 0.000000260. The summed E-state index contributed by atoms with van der Waals surface area (Å²) in [6, 6.07) is 14.0. The Morgan fingerprint density at radius 1 is 1.19 bits per heavy atom. The number of hydrogen-bond acceptors (Lipinski definition) is 5. The van der Waals surface area contributed by atoms with E-state index < -0.39 is 11.9 Å². The molecule has 1 aliphatic rings. The van der Waals surface area contributed by atoms with Gasteiger partial charge in [-0.05, 0) is 30.3 Å². The van der Waals surface area contributed by atoms with Gasteiger partial charge in [-0.3, -0.25) is 0 Å². The smallest absolute Gasteiger partial charge is 0.328 e. The maximum Gasteiger partial charge on any atom is 0.328 e. The highest BCUT2D eigenvalue weighted by molar-refractivity contribution is 6.29. The molecule has 26 heavy (non-hydrogen) atoms. The van der Waals surface area contributed by atoms with Crippen molar-refractivity contribution in [3.63, 3.8) is 0 Å². The van der Waals surface area contributed by atoms with Crippen LogP contribution in [0.4, 0.5) is 5.69 Å². The molecule has 1 aromatic carbocycles. The predicted molar refractivity (Wildman–Crippen MR) is 95.0 cm³/mol. The summed E-state index contributed by atoms with van der Waals surface area (Å²) < 4.78 is 0. The van der Waals surface area contributed by atoms with E-state index in [-0.39, 0.29) is 0 Å². The highest BCUT2D eigenvalue weighted by Gasteiger charge is 2.21. The van der Waals surface area contributed by atoms with E-state index in [9.17, 15) is 14.7 Å². The van der Waals surface area contributed by atoms with Crippen molar-refractivity contribution in [1.82, 2.24) is 4.98 Å². The van der Waals surface area contributed by atoms with E-state index in [1.807, 2.05) is 24.3 Å². The van der Waals surface area contributed by atoms with Crippen molar-refractivity contribution < 1.29 is 24.8 Å². The van der Waals surface area contributed by atoms with E-state index in [1.165, 1.54) is 0 Å². The summed E-state index contributed by atoms with van der Waals surface area (Å²) in [5.74, 6) is -2.80. The van der Waals surface area contributed by atoms with Crippen molar-refractivity contribution in [2.45, 2.75) is 0 Å². The lowest BCUT2D eigenvalue weighted by molar-refractivity contribution is -0.451. The van der Waals surface area contributed by atoms with E-state index in [1.54, 1.807) is 6.07 Å². The highest BCUT2D eigenvalue weighted by Crippen LogP contribution is 2.19. The Morgan fingerprint density at radius 3 is 2.54 bits per heavy atom. The summed E-state index contributed by atoms with van der Waals surface area (Å²) in [5, 5.41) is 21.1. The van der Waals surface area contributed by atoms with Gasteiger partial charge in [-0.1, -0.05) is 29.8 Å². The molecule has 3 N–H and O–H groups in total. The molecule has 0 bridgehead atoms. The zero-order valence-electron chi connectivity index (χ0n) is 13.6. The number of carbonyl (C=O) groups excluding carboxylic acids is 1. The molecule has 0 atom stereocenters. The van der Waals surface area contributed by atoms with Crippen molar-refractivity contribution in [2.24, 2.45) is 0 Å². The first-order chi connectivity index (χ1) is 12.5. The van der Waals surface area contributed by atoms with E-state index >= 15 is 0 Å². The van der Waals surface area contributed by atoms with Gasteiger partial charge in [-0.25, -0.2) is 14.8 Å². The molecule has 2 heterocycles. The monoisotopic (exact) mass is 373 g/mol. The molecule has 1 aromatic heterocycles. The van der Waals surface area contributed by atoms with Crippen LogP contribution in [0.5, 0.6) is 0 Å². The van der Waals surface area contributed by atoms with E-state index in [2.05, 4.69) is 27.4 Å². The number of nitrogens with zero attached hydrogens (tertiary/aromatic N) is 1. The number of aliphatic carboxylic acids is 2. The van der Waals surface area contributed by atoms with Crippen LogP contribution in [0, 0.1) is 0 Å². The van der Waals surface area contributed by atoms with Crippen LogP contribution < -0.4 is 15.4 Å². The molecule has 1 aliphatic heterocycles. The van der Waals surface area contributed by atoms with Crippen molar-refractivity contribution in [2.75, 3.05) is 18.4 Å².